The third-order valence-electron chi connectivity index (χ3n) is 1.66. The van der Waals surface area contributed by atoms with E-state index in [1.165, 1.54) is 7.11 Å². The fraction of sp³-hybridized carbons (Fsp3) is 0.333. The van der Waals surface area contributed by atoms with Gasteiger partial charge in [-0.05, 0) is 28.1 Å². The molecule has 0 bridgehead atoms. The second-order valence-corrected chi connectivity index (χ2v) is 3.63. The topological polar surface area (TPSA) is 59.4 Å². The largest absolute Gasteiger partial charge is 0.467 e. The molecular formula is C9H10BrNO3. The first-order valence-corrected chi connectivity index (χ1v) is 4.79. The summed E-state index contributed by atoms with van der Waals surface area (Å²) in [6, 6.07) is 3.53. The Morgan fingerprint density at radius 2 is 2.43 bits per heavy atom. The van der Waals surface area contributed by atoms with Crippen molar-refractivity contribution in [2.45, 2.75) is 12.5 Å². The molecule has 0 fully saturated rings. The Labute approximate surface area is 90.0 Å². The first-order chi connectivity index (χ1) is 6.63. The van der Waals surface area contributed by atoms with Crippen molar-refractivity contribution in [1.82, 2.24) is 4.98 Å². The number of carbonyl (C=O) groups is 1. The molecule has 1 unspecified atom stereocenters. The van der Waals surface area contributed by atoms with Gasteiger partial charge in [-0.2, -0.15) is 0 Å². The number of aliphatic hydroxyl groups excluding tert-OH is 1. The summed E-state index contributed by atoms with van der Waals surface area (Å²) in [4.78, 5) is 14.9. The summed E-state index contributed by atoms with van der Waals surface area (Å²) in [5.74, 6) is -0.644. The lowest BCUT2D eigenvalue weighted by Crippen LogP contribution is -2.24. The lowest BCUT2D eigenvalue weighted by Gasteiger charge is -2.06. The molecule has 0 aliphatic heterocycles. The summed E-state index contributed by atoms with van der Waals surface area (Å²) in [5.41, 5.74) is 0.645. The van der Waals surface area contributed by atoms with Crippen molar-refractivity contribution in [2.75, 3.05) is 7.11 Å². The molecule has 14 heavy (non-hydrogen) atoms. The summed E-state index contributed by atoms with van der Waals surface area (Å²) >= 11 is 3.24. The number of methoxy groups -OCH3 is 1. The third kappa shape index (κ3) is 3.08. The van der Waals surface area contributed by atoms with E-state index in [0.717, 1.165) is 4.47 Å². The van der Waals surface area contributed by atoms with Gasteiger partial charge in [-0.15, -0.1) is 0 Å². The van der Waals surface area contributed by atoms with Gasteiger partial charge in [0.2, 0.25) is 0 Å². The van der Waals surface area contributed by atoms with Crippen LogP contribution in [-0.2, 0) is 16.0 Å². The van der Waals surface area contributed by atoms with Crippen LogP contribution in [0.5, 0.6) is 0 Å². The van der Waals surface area contributed by atoms with Crippen LogP contribution in [0, 0.1) is 0 Å². The van der Waals surface area contributed by atoms with E-state index in [-0.39, 0.29) is 6.42 Å². The van der Waals surface area contributed by atoms with E-state index in [1.807, 2.05) is 0 Å². The Morgan fingerprint density at radius 1 is 1.71 bits per heavy atom. The van der Waals surface area contributed by atoms with Crippen LogP contribution in [0.4, 0.5) is 0 Å². The zero-order valence-corrected chi connectivity index (χ0v) is 9.19. The highest BCUT2D eigenvalue weighted by Gasteiger charge is 2.16. The Morgan fingerprint density at radius 3 is 2.93 bits per heavy atom. The molecule has 1 atom stereocenters. The van der Waals surface area contributed by atoms with Gasteiger partial charge in [-0.25, -0.2) is 4.79 Å². The van der Waals surface area contributed by atoms with Crippen LogP contribution in [-0.4, -0.2) is 29.3 Å². The van der Waals surface area contributed by atoms with E-state index in [0.29, 0.717) is 5.69 Å². The van der Waals surface area contributed by atoms with Gasteiger partial charge in [-0.3, -0.25) is 4.98 Å². The minimum absolute atomic E-state index is 0.167. The van der Waals surface area contributed by atoms with Gasteiger partial charge < -0.3 is 9.84 Å². The molecule has 1 N–H and O–H groups in total. The van der Waals surface area contributed by atoms with Crippen molar-refractivity contribution >= 4 is 21.9 Å². The molecule has 0 saturated carbocycles. The molecule has 0 spiro atoms. The SMILES string of the molecule is COC(=O)C(O)Cc1ccc(Br)cn1. The predicted octanol–water partition coefficient (Wildman–Crippen LogP) is 0.920. The molecule has 1 heterocycles. The van der Waals surface area contributed by atoms with Gasteiger partial charge in [0.05, 0.1) is 7.11 Å². The highest BCUT2D eigenvalue weighted by molar-refractivity contribution is 9.10. The van der Waals surface area contributed by atoms with Crippen LogP contribution in [0.1, 0.15) is 5.69 Å². The average Bonchev–Trinajstić information content (AvgIpc) is 2.20. The first-order valence-electron chi connectivity index (χ1n) is 4.00. The molecule has 76 valence electrons. The molecule has 5 heteroatoms. The number of nitrogens with zero attached hydrogens (tertiary/aromatic N) is 1. The van der Waals surface area contributed by atoms with Gasteiger partial charge in [0, 0.05) is 22.8 Å². The summed E-state index contributed by atoms with van der Waals surface area (Å²) in [7, 11) is 1.24. The van der Waals surface area contributed by atoms with Crippen molar-refractivity contribution in [3.63, 3.8) is 0 Å². The number of hydrogen-bond donors (Lipinski definition) is 1. The van der Waals surface area contributed by atoms with E-state index < -0.39 is 12.1 Å². The van der Waals surface area contributed by atoms with Gasteiger partial charge in [0.15, 0.2) is 6.10 Å². The number of carbonyl (C=O) groups excluding carboxylic acids is 1. The van der Waals surface area contributed by atoms with Crippen molar-refractivity contribution in [3.8, 4) is 0 Å². The summed E-state index contributed by atoms with van der Waals surface area (Å²) < 4.78 is 5.24. The molecule has 0 aliphatic rings. The standard InChI is InChI=1S/C9H10BrNO3/c1-14-9(13)8(12)4-7-3-2-6(10)5-11-7/h2-3,5,8,12H,4H2,1H3. The van der Waals surface area contributed by atoms with Gasteiger partial charge >= 0.3 is 5.97 Å². The lowest BCUT2D eigenvalue weighted by atomic mass is 10.2. The molecule has 0 amide bonds. The van der Waals surface area contributed by atoms with Crippen LogP contribution in [0.3, 0.4) is 0 Å². The van der Waals surface area contributed by atoms with Crippen LogP contribution < -0.4 is 0 Å². The number of rotatable bonds is 3. The molecular weight excluding hydrogens is 250 g/mol. The smallest absolute Gasteiger partial charge is 0.335 e. The maximum Gasteiger partial charge on any atom is 0.335 e. The number of aromatic nitrogens is 1. The second kappa shape index (κ2) is 5.07. The first kappa shape index (κ1) is 11.1. The highest BCUT2D eigenvalue weighted by atomic mass is 79.9. The van der Waals surface area contributed by atoms with E-state index in [2.05, 4.69) is 25.7 Å². The van der Waals surface area contributed by atoms with Crippen LogP contribution in [0.15, 0.2) is 22.8 Å². The van der Waals surface area contributed by atoms with Gasteiger partial charge in [-0.1, -0.05) is 0 Å². The quantitative estimate of drug-likeness (QED) is 0.821. The molecule has 1 rings (SSSR count). The van der Waals surface area contributed by atoms with Crippen LogP contribution >= 0.6 is 15.9 Å². The number of ether oxygens (including phenoxy) is 1. The molecule has 4 nitrogen and oxygen atoms in total. The van der Waals surface area contributed by atoms with E-state index in [4.69, 9.17) is 0 Å². The van der Waals surface area contributed by atoms with Crippen LogP contribution in [0.25, 0.3) is 0 Å². The Kier molecular flexibility index (Phi) is 4.03. The normalized spacial score (nSPS) is 12.2. The molecule has 0 aromatic carbocycles. The fourth-order valence-electron chi connectivity index (χ4n) is 0.945. The average molecular weight is 260 g/mol. The zero-order chi connectivity index (χ0) is 10.6. The molecule has 0 radical (unpaired) electrons. The summed E-state index contributed by atoms with van der Waals surface area (Å²) in [6.07, 6.45) is 0.632. The monoisotopic (exact) mass is 259 g/mol. The minimum atomic E-state index is -1.14. The number of hydrogen-bond acceptors (Lipinski definition) is 4. The molecule has 1 aromatic heterocycles. The maximum absolute atomic E-state index is 10.9. The van der Waals surface area contributed by atoms with Gasteiger partial charge in [0.1, 0.15) is 0 Å². The minimum Gasteiger partial charge on any atom is -0.467 e. The second-order valence-electron chi connectivity index (χ2n) is 2.71. The van der Waals surface area contributed by atoms with Crippen molar-refractivity contribution in [1.29, 1.82) is 0 Å². The Hall–Kier alpha value is -0.940. The number of pyridine rings is 1. The fourth-order valence-corrected chi connectivity index (χ4v) is 1.18. The molecule has 0 aliphatic carbocycles. The van der Waals surface area contributed by atoms with E-state index in [9.17, 15) is 9.90 Å². The Bertz CT molecular complexity index is 312. The zero-order valence-electron chi connectivity index (χ0n) is 7.61. The Balaban J connectivity index is 2.60. The highest BCUT2D eigenvalue weighted by Crippen LogP contribution is 2.09. The third-order valence-corrected chi connectivity index (χ3v) is 2.13. The van der Waals surface area contributed by atoms with Crippen LogP contribution in [0.2, 0.25) is 0 Å². The number of halogens is 1. The van der Waals surface area contributed by atoms with E-state index in [1.54, 1.807) is 18.3 Å². The van der Waals surface area contributed by atoms with Crippen molar-refractivity contribution in [3.05, 3.63) is 28.5 Å². The number of esters is 1. The van der Waals surface area contributed by atoms with Crippen molar-refractivity contribution in [2.24, 2.45) is 0 Å². The lowest BCUT2D eigenvalue weighted by molar-refractivity contribution is -0.150. The molecule has 0 saturated heterocycles. The predicted molar refractivity (Wildman–Crippen MR) is 53.7 cm³/mol. The number of aliphatic hydroxyl groups is 1. The van der Waals surface area contributed by atoms with Gasteiger partial charge in [0.25, 0.3) is 0 Å². The summed E-state index contributed by atoms with van der Waals surface area (Å²) in [6.45, 7) is 0. The molecule has 1 aromatic rings. The maximum atomic E-state index is 10.9. The van der Waals surface area contributed by atoms with E-state index >= 15 is 0 Å². The summed E-state index contributed by atoms with van der Waals surface area (Å²) in [5, 5.41) is 9.31. The van der Waals surface area contributed by atoms with Crippen molar-refractivity contribution < 1.29 is 14.6 Å².